The van der Waals surface area contributed by atoms with Gasteiger partial charge in [-0.2, -0.15) is 0 Å². The van der Waals surface area contributed by atoms with Crippen molar-refractivity contribution < 1.29 is 4.79 Å². The molecule has 0 saturated carbocycles. The third-order valence-corrected chi connectivity index (χ3v) is 3.10. The van der Waals surface area contributed by atoms with Crippen molar-refractivity contribution >= 4 is 28.4 Å². The van der Waals surface area contributed by atoms with E-state index in [0.717, 1.165) is 6.42 Å². The Kier molecular flexibility index (Phi) is 5.30. The van der Waals surface area contributed by atoms with E-state index >= 15 is 0 Å². The van der Waals surface area contributed by atoms with Gasteiger partial charge in [-0.3, -0.25) is 9.59 Å². The number of nitrogens with zero attached hydrogens (tertiary/aromatic N) is 1. The quantitative estimate of drug-likeness (QED) is 0.748. The van der Waals surface area contributed by atoms with Crippen LogP contribution >= 0.6 is 11.6 Å². The van der Waals surface area contributed by atoms with Gasteiger partial charge in [0, 0.05) is 11.6 Å². The van der Waals surface area contributed by atoms with E-state index in [1.54, 1.807) is 18.2 Å². The zero-order valence-electron chi connectivity index (χ0n) is 11.7. The Bertz CT molecular complexity index is 699. The first-order valence-electron chi connectivity index (χ1n) is 6.76. The molecule has 6 nitrogen and oxygen atoms in total. The Hall–Kier alpha value is -1.92. The van der Waals surface area contributed by atoms with Crippen LogP contribution in [0.2, 0.25) is 5.02 Å². The van der Waals surface area contributed by atoms with Gasteiger partial charge in [0.1, 0.15) is 5.82 Å². The third-order valence-electron chi connectivity index (χ3n) is 2.87. The molecule has 0 radical (unpaired) electrons. The smallest absolute Gasteiger partial charge is 0.258 e. The van der Waals surface area contributed by atoms with Crippen molar-refractivity contribution in [1.29, 1.82) is 0 Å². The van der Waals surface area contributed by atoms with Crippen LogP contribution in [-0.4, -0.2) is 29.0 Å². The SMILES string of the molecule is CCCNC(=O)CNCc1nc2cc(Cl)ccc2c(=O)[nH]1. The maximum Gasteiger partial charge on any atom is 0.258 e. The van der Waals surface area contributed by atoms with Crippen molar-refractivity contribution in [3.8, 4) is 0 Å². The van der Waals surface area contributed by atoms with E-state index in [0.29, 0.717) is 34.8 Å². The van der Waals surface area contributed by atoms with Crippen molar-refractivity contribution in [3.05, 3.63) is 39.4 Å². The number of halogens is 1. The maximum absolute atomic E-state index is 11.9. The fourth-order valence-corrected chi connectivity index (χ4v) is 2.03. The summed E-state index contributed by atoms with van der Waals surface area (Å²) >= 11 is 5.90. The maximum atomic E-state index is 11.9. The van der Waals surface area contributed by atoms with Gasteiger partial charge in [0.2, 0.25) is 5.91 Å². The number of rotatable bonds is 6. The van der Waals surface area contributed by atoms with E-state index in [9.17, 15) is 9.59 Å². The van der Waals surface area contributed by atoms with Gasteiger partial charge in [-0.05, 0) is 24.6 Å². The van der Waals surface area contributed by atoms with Gasteiger partial charge >= 0.3 is 0 Å². The number of carbonyl (C=O) groups excluding carboxylic acids is 1. The molecule has 0 unspecified atom stereocenters. The second kappa shape index (κ2) is 7.19. The molecule has 7 heteroatoms. The molecule has 1 aromatic heterocycles. The molecule has 0 bridgehead atoms. The summed E-state index contributed by atoms with van der Waals surface area (Å²) < 4.78 is 0. The van der Waals surface area contributed by atoms with Crippen LogP contribution in [0.15, 0.2) is 23.0 Å². The van der Waals surface area contributed by atoms with Crippen LogP contribution in [-0.2, 0) is 11.3 Å². The molecule has 0 aliphatic carbocycles. The van der Waals surface area contributed by atoms with Crippen molar-refractivity contribution in [2.24, 2.45) is 0 Å². The monoisotopic (exact) mass is 308 g/mol. The Labute approximate surface area is 126 Å². The number of benzene rings is 1. The van der Waals surface area contributed by atoms with Gasteiger partial charge in [0.15, 0.2) is 0 Å². The highest BCUT2D eigenvalue weighted by Gasteiger charge is 2.05. The number of fused-ring (bicyclic) bond motifs is 1. The van der Waals surface area contributed by atoms with Crippen LogP contribution in [0.4, 0.5) is 0 Å². The number of carbonyl (C=O) groups is 1. The predicted octanol–water partition coefficient (Wildman–Crippen LogP) is 1.19. The summed E-state index contributed by atoms with van der Waals surface area (Å²) in [6.07, 6.45) is 0.895. The summed E-state index contributed by atoms with van der Waals surface area (Å²) in [5.41, 5.74) is 0.322. The molecule has 0 fully saturated rings. The van der Waals surface area contributed by atoms with Gasteiger partial charge in [-0.25, -0.2) is 4.98 Å². The lowest BCUT2D eigenvalue weighted by Crippen LogP contribution is -2.34. The molecular formula is C14H17ClN4O2. The minimum absolute atomic E-state index is 0.0805. The molecule has 2 rings (SSSR count). The van der Waals surface area contributed by atoms with Gasteiger partial charge < -0.3 is 15.6 Å². The number of amides is 1. The molecule has 21 heavy (non-hydrogen) atoms. The summed E-state index contributed by atoms with van der Waals surface area (Å²) in [7, 11) is 0. The van der Waals surface area contributed by atoms with Crippen LogP contribution in [0, 0.1) is 0 Å². The molecule has 1 amide bonds. The molecule has 112 valence electrons. The zero-order valence-corrected chi connectivity index (χ0v) is 12.5. The molecule has 0 aliphatic rings. The highest BCUT2D eigenvalue weighted by Crippen LogP contribution is 2.14. The summed E-state index contributed by atoms with van der Waals surface area (Å²) in [4.78, 5) is 30.3. The van der Waals surface area contributed by atoms with Crippen molar-refractivity contribution in [2.45, 2.75) is 19.9 Å². The minimum Gasteiger partial charge on any atom is -0.355 e. The summed E-state index contributed by atoms with van der Waals surface area (Å²) in [6.45, 7) is 3.13. The molecule has 0 saturated heterocycles. The number of nitrogens with one attached hydrogen (secondary N) is 3. The van der Waals surface area contributed by atoms with E-state index in [-0.39, 0.29) is 18.0 Å². The number of hydrogen-bond donors (Lipinski definition) is 3. The van der Waals surface area contributed by atoms with E-state index in [1.807, 2.05) is 6.92 Å². The molecule has 1 aromatic carbocycles. The first kappa shape index (κ1) is 15.5. The highest BCUT2D eigenvalue weighted by molar-refractivity contribution is 6.31. The van der Waals surface area contributed by atoms with Crippen molar-refractivity contribution in [3.63, 3.8) is 0 Å². The first-order chi connectivity index (χ1) is 10.1. The van der Waals surface area contributed by atoms with Crippen LogP contribution in [0.1, 0.15) is 19.2 Å². The topological polar surface area (TPSA) is 86.9 Å². The summed E-state index contributed by atoms with van der Waals surface area (Å²) in [6, 6.07) is 4.93. The highest BCUT2D eigenvalue weighted by atomic mass is 35.5. The van der Waals surface area contributed by atoms with Crippen LogP contribution in [0.25, 0.3) is 10.9 Å². The second-order valence-electron chi connectivity index (χ2n) is 4.63. The van der Waals surface area contributed by atoms with Gasteiger partial charge in [0.05, 0.1) is 24.0 Å². The minimum atomic E-state index is -0.219. The Balaban J connectivity index is 2.02. The van der Waals surface area contributed by atoms with Crippen LogP contribution in [0.3, 0.4) is 0 Å². The second-order valence-corrected chi connectivity index (χ2v) is 5.06. The molecule has 3 N–H and O–H groups in total. The van der Waals surface area contributed by atoms with E-state index in [4.69, 9.17) is 11.6 Å². The van der Waals surface area contributed by atoms with E-state index < -0.39 is 0 Å². The van der Waals surface area contributed by atoms with Gasteiger partial charge in [-0.1, -0.05) is 18.5 Å². The first-order valence-corrected chi connectivity index (χ1v) is 7.14. The molecule has 1 heterocycles. The lowest BCUT2D eigenvalue weighted by atomic mass is 10.2. The molecule has 0 atom stereocenters. The third kappa shape index (κ3) is 4.27. The number of aromatic amines is 1. The Morgan fingerprint density at radius 1 is 1.43 bits per heavy atom. The molecule has 2 aromatic rings. The fourth-order valence-electron chi connectivity index (χ4n) is 1.87. The molecule has 0 aliphatic heterocycles. The van der Waals surface area contributed by atoms with Crippen molar-refractivity contribution in [2.75, 3.05) is 13.1 Å². The predicted molar refractivity (Wildman–Crippen MR) is 82.4 cm³/mol. The van der Waals surface area contributed by atoms with Crippen LogP contribution in [0.5, 0.6) is 0 Å². The number of hydrogen-bond acceptors (Lipinski definition) is 4. The van der Waals surface area contributed by atoms with Gasteiger partial charge in [0.25, 0.3) is 5.56 Å². The fraction of sp³-hybridized carbons (Fsp3) is 0.357. The summed E-state index contributed by atoms with van der Waals surface area (Å²) in [5, 5.41) is 6.71. The summed E-state index contributed by atoms with van der Waals surface area (Å²) in [5.74, 6) is 0.390. The van der Waals surface area contributed by atoms with E-state index in [1.165, 1.54) is 0 Å². The van der Waals surface area contributed by atoms with Crippen LogP contribution < -0.4 is 16.2 Å². The average Bonchev–Trinajstić information content (AvgIpc) is 2.44. The zero-order chi connectivity index (χ0) is 15.2. The normalized spacial score (nSPS) is 10.8. The average molecular weight is 309 g/mol. The lowest BCUT2D eigenvalue weighted by molar-refractivity contribution is -0.120. The lowest BCUT2D eigenvalue weighted by Gasteiger charge is -2.06. The van der Waals surface area contributed by atoms with E-state index in [2.05, 4.69) is 20.6 Å². The molecular weight excluding hydrogens is 292 g/mol. The largest absolute Gasteiger partial charge is 0.355 e. The van der Waals surface area contributed by atoms with Gasteiger partial charge in [-0.15, -0.1) is 0 Å². The number of H-pyrrole nitrogens is 1. The Morgan fingerprint density at radius 2 is 2.24 bits per heavy atom. The molecule has 0 spiro atoms. The van der Waals surface area contributed by atoms with Crippen molar-refractivity contribution in [1.82, 2.24) is 20.6 Å². The number of aromatic nitrogens is 2. The standard InChI is InChI=1S/C14H17ClN4O2/c1-2-5-17-13(20)8-16-7-12-18-11-6-9(15)3-4-10(11)14(21)19-12/h3-4,6,16H,2,5,7-8H2,1H3,(H,17,20)(H,18,19,21). The Morgan fingerprint density at radius 3 is 3.00 bits per heavy atom.